The summed E-state index contributed by atoms with van der Waals surface area (Å²) in [4.78, 5) is 28.1. The molecule has 0 aromatic carbocycles. The van der Waals surface area contributed by atoms with Gasteiger partial charge in [-0.2, -0.15) is 5.26 Å². The Morgan fingerprint density at radius 1 is 1.42 bits per heavy atom. The van der Waals surface area contributed by atoms with E-state index in [4.69, 9.17) is 14.7 Å². The molecule has 1 saturated heterocycles. The summed E-state index contributed by atoms with van der Waals surface area (Å²) in [7, 11) is 0. The largest absolute Gasteiger partial charge is 0.467 e. The summed E-state index contributed by atoms with van der Waals surface area (Å²) < 4.78 is 5.22. The summed E-state index contributed by atoms with van der Waals surface area (Å²) in [6.07, 6.45) is 3.59. The minimum Gasteiger partial charge on any atom is -0.467 e. The molecule has 3 aromatic heterocycles. The first-order valence-electron chi connectivity index (χ1n) is 10.1. The van der Waals surface area contributed by atoms with Gasteiger partial charge in [-0.3, -0.25) is 9.69 Å². The van der Waals surface area contributed by atoms with Gasteiger partial charge in [0.05, 0.1) is 25.4 Å². The van der Waals surface area contributed by atoms with Gasteiger partial charge in [0.25, 0.3) is 5.91 Å². The molecule has 4 rings (SSSR count). The summed E-state index contributed by atoms with van der Waals surface area (Å²) in [5, 5.41) is 17.2. The quantitative estimate of drug-likeness (QED) is 0.541. The number of piperidine rings is 1. The number of aryl methyl sites for hydroxylation is 1. The first kappa shape index (κ1) is 21.0. The molecule has 10 heteroatoms. The van der Waals surface area contributed by atoms with Crippen LogP contribution in [-0.2, 0) is 6.54 Å². The molecule has 1 amide bonds. The molecule has 1 atom stereocenters. The summed E-state index contributed by atoms with van der Waals surface area (Å²) >= 11 is 1.34. The van der Waals surface area contributed by atoms with Crippen LogP contribution in [0.3, 0.4) is 0 Å². The Morgan fingerprint density at radius 3 is 3.13 bits per heavy atom. The van der Waals surface area contributed by atoms with Crippen molar-refractivity contribution in [3.63, 3.8) is 0 Å². The average Bonchev–Trinajstić information content (AvgIpc) is 3.44. The van der Waals surface area contributed by atoms with Crippen LogP contribution in [0.5, 0.6) is 0 Å². The summed E-state index contributed by atoms with van der Waals surface area (Å²) in [6.45, 7) is 4.39. The third-order valence-corrected chi connectivity index (χ3v) is 5.77. The van der Waals surface area contributed by atoms with E-state index in [2.05, 4.69) is 31.6 Å². The fourth-order valence-corrected chi connectivity index (χ4v) is 4.26. The molecule has 3 aromatic rings. The number of thiazole rings is 1. The van der Waals surface area contributed by atoms with Gasteiger partial charge < -0.3 is 15.1 Å². The van der Waals surface area contributed by atoms with Crippen LogP contribution in [0.25, 0.3) is 0 Å². The summed E-state index contributed by atoms with van der Waals surface area (Å²) in [5.74, 6) is 2.04. The molecule has 0 saturated carbocycles. The van der Waals surface area contributed by atoms with E-state index in [-0.39, 0.29) is 11.8 Å². The first-order valence-corrected chi connectivity index (χ1v) is 11.0. The van der Waals surface area contributed by atoms with Gasteiger partial charge >= 0.3 is 0 Å². The van der Waals surface area contributed by atoms with Gasteiger partial charge in [-0.15, -0.1) is 11.3 Å². The molecule has 31 heavy (non-hydrogen) atoms. The Kier molecular flexibility index (Phi) is 6.54. The van der Waals surface area contributed by atoms with Crippen LogP contribution < -0.4 is 10.6 Å². The normalized spacial score (nSPS) is 16.6. The molecule has 0 unspecified atom stereocenters. The second-order valence-corrected chi connectivity index (χ2v) is 8.27. The summed E-state index contributed by atoms with van der Waals surface area (Å²) in [5.41, 5.74) is 1.20. The Hall–Kier alpha value is -3.29. The number of nitrogens with zero attached hydrogens (tertiary/aromatic N) is 5. The number of amides is 1. The molecule has 1 aliphatic heterocycles. The molecule has 0 radical (unpaired) electrons. The number of nitrogens with one attached hydrogen (secondary N) is 2. The monoisotopic (exact) mass is 437 g/mol. The average molecular weight is 438 g/mol. The lowest BCUT2D eigenvalue weighted by Crippen LogP contribution is -2.35. The second-order valence-electron chi connectivity index (χ2n) is 7.41. The van der Waals surface area contributed by atoms with Crippen LogP contribution in [0.4, 0.5) is 10.9 Å². The first-order chi connectivity index (χ1) is 15.1. The molecule has 160 valence electrons. The van der Waals surface area contributed by atoms with Gasteiger partial charge in [-0.1, -0.05) is 0 Å². The van der Waals surface area contributed by atoms with Gasteiger partial charge in [-0.25, -0.2) is 15.0 Å². The molecular weight excluding hydrogens is 414 g/mol. The fourth-order valence-electron chi connectivity index (χ4n) is 3.56. The number of hydrogen-bond acceptors (Lipinski definition) is 9. The molecule has 2 N–H and O–H groups in total. The van der Waals surface area contributed by atoms with Crippen LogP contribution in [-0.4, -0.2) is 45.4 Å². The van der Waals surface area contributed by atoms with E-state index < -0.39 is 0 Å². The van der Waals surface area contributed by atoms with Crippen molar-refractivity contribution in [2.24, 2.45) is 0 Å². The number of rotatable bonds is 7. The van der Waals surface area contributed by atoms with Crippen molar-refractivity contribution >= 4 is 28.2 Å². The van der Waals surface area contributed by atoms with Gasteiger partial charge in [0.1, 0.15) is 23.1 Å². The van der Waals surface area contributed by atoms with E-state index in [1.807, 2.05) is 13.0 Å². The Labute approximate surface area is 184 Å². The van der Waals surface area contributed by atoms with E-state index in [0.717, 1.165) is 37.4 Å². The lowest BCUT2D eigenvalue weighted by Gasteiger charge is -2.30. The molecule has 1 fully saturated rings. The Morgan fingerprint density at radius 2 is 2.32 bits per heavy atom. The summed E-state index contributed by atoms with van der Waals surface area (Å²) in [6, 6.07) is 7.66. The highest BCUT2D eigenvalue weighted by Crippen LogP contribution is 2.27. The maximum atomic E-state index is 12.3. The zero-order valence-corrected chi connectivity index (χ0v) is 18.0. The lowest BCUT2D eigenvalue weighted by atomic mass is 9.97. The van der Waals surface area contributed by atoms with Crippen molar-refractivity contribution in [2.75, 3.05) is 25.0 Å². The van der Waals surface area contributed by atoms with E-state index >= 15 is 0 Å². The van der Waals surface area contributed by atoms with Crippen LogP contribution in [0.15, 0.2) is 34.3 Å². The van der Waals surface area contributed by atoms with E-state index in [1.54, 1.807) is 23.8 Å². The number of aromatic nitrogens is 3. The van der Waals surface area contributed by atoms with E-state index in [9.17, 15) is 4.79 Å². The number of likely N-dealkylation sites (tertiary alicyclic amines) is 1. The zero-order valence-electron chi connectivity index (χ0n) is 17.2. The Bertz CT molecular complexity index is 1070. The number of carbonyl (C=O) groups excluding carboxylic acids is 1. The zero-order chi connectivity index (χ0) is 21.6. The maximum absolute atomic E-state index is 12.3. The highest BCUT2D eigenvalue weighted by molar-refractivity contribution is 7.14. The standard InChI is InChI=1S/C21H23N7O2S/c1-14-10-18(26-19(24-14)15-4-2-7-28(12-15)8-6-22)27-21-25-17(13-31-21)20(29)23-11-16-5-3-9-30-16/h3,5,9-10,13,15H,2,4,7-8,11-12H2,1H3,(H,23,29)(H,24,25,26,27)/t15-/m1/s1. The van der Waals surface area contributed by atoms with E-state index in [1.165, 1.54) is 11.3 Å². The van der Waals surface area contributed by atoms with Crippen molar-refractivity contribution in [2.45, 2.75) is 32.2 Å². The fraction of sp³-hybridized carbons (Fsp3) is 0.381. The molecule has 0 spiro atoms. The molecular formula is C21H23N7O2S. The minimum absolute atomic E-state index is 0.196. The van der Waals surface area contributed by atoms with Crippen molar-refractivity contribution in [1.29, 1.82) is 5.26 Å². The SMILES string of the molecule is Cc1cc(Nc2nc(C(=O)NCc3ccco3)cs2)nc([C@@H]2CCCN(CC#N)C2)n1. The van der Waals surface area contributed by atoms with Crippen molar-refractivity contribution in [3.05, 3.63) is 52.8 Å². The molecule has 0 aliphatic carbocycles. The van der Waals surface area contributed by atoms with Crippen molar-refractivity contribution < 1.29 is 9.21 Å². The predicted molar refractivity (Wildman–Crippen MR) is 116 cm³/mol. The smallest absolute Gasteiger partial charge is 0.271 e. The molecule has 4 heterocycles. The number of nitriles is 1. The van der Waals surface area contributed by atoms with Gasteiger partial charge in [0.15, 0.2) is 5.13 Å². The number of furan rings is 1. The number of carbonyl (C=O) groups is 1. The molecule has 9 nitrogen and oxygen atoms in total. The lowest BCUT2D eigenvalue weighted by molar-refractivity contribution is 0.0944. The van der Waals surface area contributed by atoms with Gasteiger partial charge in [-0.05, 0) is 38.4 Å². The third kappa shape index (κ3) is 5.45. The van der Waals surface area contributed by atoms with Gasteiger partial charge in [0.2, 0.25) is 0 Å². The van der Waals surface area contributed by atoms with Crippen LogP contribution in [0.1, 0.15) is 46.5 Å². The van der Waals surface area contributed by atoms with Crippen LogP contribution in [0.2, 0.25) is 0 Å². The highest BCUT2D eigenvalue weighted by Gasteiger charge is 2.24. The highest BCUT2D eigenvalue weighted by atomic mass is 32.1. The minimum atomic E-state index is -0.264. The number of hydrogen-bond donors (Lipinski definition) is 2. The Balaban J connectivity index is 1.41. The van der Waals surface area contributed by atoms with E-state index in [0.29, 0.717) is 35.5 Å². The molecule has 0 bridgehead atoms. The van der Waals surface area contributed by atoms with Crippen LogP contribution >= 0.6 is 11.3 Å². The molecule has 1 aliphatic rings. The number of anilines is 2. The third-order valence-electron chi connectivity index (χ3n) is 5.01. The maximum Gasteiger partial charge on any atom is 0.271 e. The van der Waals surface area contributed by atoms with Crippen molar-refractivity contribution in [1.82, 2.24) is 25.2 Å². The van der Waals surface area contributed by atoms with Gasteiger partial charge in [0, 0.05) is 29.6 Å². The van der Waals surface area contributed by atoms with Crippen molar-refractivity contribution in [3.8, 4) is 6.07 Å². The second kappa shape index (κ2) is 9.68. The predicted octanol–water partition coefficient (Wildman–Crippen LogP) is 3.21. The van der Waals surface area contributed by atoms with Crippen LogP contribution in [0, 0.1) is 18.3 Å². The topological polar surface area (TPSA) is 120 Å².